The third kappa shape index (κ3) is 4.93. The number of ether oxygens (including phenoxy) is 4. The Morgan fingerprint density at radius 1 is 1.00 bits per heavy atom. The number of nitrogens with zero attached hydrogens (tertiary/aromatic N) is 3. The summed E-state index contributed by atoms with van der Waals surface area (Å²) in [5, 5.41) is 4.13. The van der Waals surface area contributed by atoms with Crippen molar-refractivity contribution in [3.8, 4) is 34.4 Å². The minimum Gasteiger partial charge on any atom is -0.493 e. The first-order valence-corrected chi connectivity index (χ1v) is 11.2. The molecule has 1 aliphatic rings. The van der Waals surface area contributed by atoms with E-state index in [0.717, 1.165) is 17.5 Å². The minimum atomic E-state index is -0.164. The number of rotatable bonds is 10. The molecule has 1 amide bonds. The molecule has 0 radical (unpaired) electrons. The molecule has 1 fully saturated rings. The van der Waals surface area contributed by atoms with Gasteiger partial charge in [0.1, 0.15) is 0 Å². The van der Waals surface area contributed by atoms with E-state index in [1.54, 1.807) is 26.2 Å². The molecule has 9 nitrogen and oxygen atoms in total. The topological polar surface area (TPSA) is 96.2 Å². The number of hydrogen-bond donors (Lipinski definition) is 0. The number of amides is 1. The molecule has 180 valence electrons. The third-order valence-electron chi connectivity index (χ3n) is 5.71. The average Bonchev–Trinajstić information content (AvgIpc) is 3.49. The Hall–Kier alpha value is -3.75. The molecule has 0 N–H and O–H groups in total. The fraction of sp³-hybridized carbons (Fsp3) is 0.400. The molecule has 2 aromatic carbocycles. The van der Waals surface area contributed by atoms with Gasteiger partial charge in [-0.1, -0.05) is 18.1 Å². The molecule has 34 heavy (non-hydrogen) atoms. The van der Waals surface area contributed by atoms with E-state index < -0.39 is 0 Å². The Balaban J connectivity index is 1.46. The molecular formula is C25H29N3O6. The number of hydrogen-bond acceptors (Lipinski definition) is 8. The molecule has 1 aromatic heterocycles. The zero-order valence-corrected chi connectivity index (χ0v) is 19.9. The van der Waals surface area contributed by atoms with E-state index in [9.17, 15) is 4.79 Å². The second-order valence-electron chi connectivity index (χ2n) is 8.03. The molecule has 1 saturated heterocycles. The number of likely N-dealkylation sites (tertiary alicyclic amines) is 1. The quantitative estimate of drug-likeness (QED) is 0.440. The molecular weight excluding hydrogens is 438 g/mol. The zero-order chi connectivity index (χ0) is 24.1. The van der Waals surface area contributed by atoms with Gasteiger partial charge in [0.2, 0.25) is 17.6 Å². The average molecular weight is 468 g/mol. The Morgan fingerprint density at radius 3 is 2.47 bits per heavy atom. The van der Waals surface area contributed by atoms with E-state index in [1.807, 2.05) is 43.3 Å². The van der Waals surface area contributed by atoms with Crippen LogP contribution < -0.4 is 18.9 Å². The fourth-order valence-corrected chi connectivity index (χ4v) is 3.95. The number of carbonyl (C=O) groups excluding carboxylic acids is 1. The van der Waals surface area contributed by atoms with Crippen molar-refractivity contribution in [1.82, 2.24) is 15.0 Å². The van der Waals surface area contributed by atoms with Gasteiger partial charge in [-0.15, -0.1) is 0 Å². The van der Waals surface area contributed by atoms with Gasteiger partial charge in [-0.05, 0) is 42.3 Å². The lowest BCUT2D eigenvalue weighted by atomic mass is 10.1. The number of benzene rings is 2. The predicted molar refractivity (Wildman–Crippen MR) is 124 cm³/mol. The van der Waals surface area contributed by atoms with Crippen molar-refractivity contribution in [3.63, 3.8) is 0 Å². The van der Waals surface area contributed by atoms with Crippen LogP contribution in [0.3, 0.4) is 0 Å². The molecule has 1 atom stereocenters. The highest BCUT2D eigenvalue weighted by atomic mass is 16.5. The molecule has 0 bridgehead atoms. The van der Waals surface area contributed by atoms with Gasteiger partial charge >= 0.3 is 0 Å². The van der Waals surface area contributed by atoms with Crippen LogP contribution in [0.25, 0.3) is 11.4 Å². The van der Waals surface area contributed by atoms with Crippen LogP contribution in [0.2, 0.25) is 0 Å². The molecule has 2 heterocycles. The molecule has 3 aromatic rings. The van der Waals surface area contributed by atoms with Crippen molar-refractivity contribution >= 4 is 5.91 Å². The van der Waals surface area contributed by atoms with Gasteiger partial charge in [0.15, 0.2) is 23.0 Å². The maximum Gasteiger partial charge on any atom is 0.232 e. The van der Waals surface area contributed by atoms with Gasteiger partial charge in [0.05, 0.1) is 33.9 Å². The molecule has 9 heteroatoms. The van der Waals surface area contributed by atoms with E-state index in [2.05, 4.69) is 10.1 Å². The van der Waals surface area contributed by atoms with Gasteiger partial charge in [0, 0.05) is 25.1 Å². The highest BCUT2D eigenvalue weighted by molar-refractivity contribution is 5.79. The smallest absolute Gasteiger partial charge is 0.232 e. The third-order valence-corrected chi connectivity index (χ3v) is 5.71. The maximum absolute atomic E-state index is 12.7. The lowest BCUT2D eigenvalue weighted by Crippen LogP contribution is -2.24. The van der Waals surface area contributed by atoms with Crippen molar-refractivity contribution < 1.29 is 28.3 Å². The first-order valence-electron chi connectivity index (χ1n) is 11.2. The maximum atomic E-state index is 12.7. The first kappa shape index (κ1) is 23.4. The largest absolute Gasteiger partial charge is 0.493 e. The van der Waals surface area contributed by atoms with Crippen molar-refractivity contribution in [2.24, 2.45) is 0 Å². The lowest BCUT2D eigenvalue weighted by Gasteiger charge is -2.17. The summed E-state index contributed by atoms with van der Waals surface area (Å²) in [5.74, 6) is 3.33. The molecule has 0 saturated carbocycles. The van der Waals surface area contributed by atoms with Crippen molar-refractivity contribution in [2.45, 2.75) is 32.2 Å². The lowest BCUT2D eigenvalue weighted by molar-refractivity contribution is -0.128. The van der Waals surface area contributed by atoms with Gasteiger partial charge < -0.3 is 28.4 Å². The zero-order valence-electron chi connectivity index (χ0n) is 19.9. The summed E-state index contributed by atoms with van der Waals surface area (Å²) in [7, 11) is 4.78. The van der Waals surface area contributed by atoms with Crippen LogP contribution in [0.1, 0.15) is 37.1 Å². The summed E-state index contributed by atoms with van der Waals surface area (Å²) in [6.45, 7) is 3.62. The summed E-state index contributed by atoms with van der Waals surface area (Å²) in [4.78, 5) is 19.0. The summed E-state index contributed by atoms with van der Waals surface area (Å²) in [6.07, 6.45) is 1.23. The van der Waals surface area contributed by atoms with Crippen LogP contribution in [0.5, 0.6) is 23.0 Å². The van der Waals surface area contributed by atoms with Crippen LogP contribution >= 0.6 is 0 Å². The van der Waals surface area contributed by atoms with Crippen LogP contribution in [0.4, 0.5) is 0 Å². The normalized spacial score (nSPS) is 15.5. The van der Waals surface area contributed by atoms with Crippen LogP contribution in [0.15, 0.2) is 40.9 Å². The standard InChI is InChI=1S/C25H29N3O6/c1-5-10-33-20-9-7-17(12-22(20)32-4)24-26-25(34-27-24)18-13-23(29)28(15-18)14-16-6-8-19(30-2)21(11-16)31-3/h6-9,11-12,18H,5,10,13-15H2,1-4H3. The second-order valence-corrected chi connectivity index (χ2v) is 8.03. The summed E-state index contributed by atoms with van der Waals surface area (Å²) < 4.78 is 27.3. The highest BCUT2D eigenvalue weighted by Crippen LogP contribution is 2.34. The molecule has 0 aliphatic carbocycles. The minimum absolute atomic E-state index is 0.0404. The summed E-state index contributed by atoms with van der Waals surface area (Å²) in [5.41, 5.74) is 1.71. The van der Waals surface area contributed by atoms with Crippen LogP contribution in [0, 0.1) is 0 Å². The Kier molecular flexibility index (Phi) is 7.20. The van der Waals surface area contributed by atoms with Gasteiger partial charge in [-0.25, -0.2) is 0 Å². The molecule has 1 aliphatic heterocycles. The van der Waals surface area contributed by atoms with Gasteiger partial charge in [-0.3, -0.25) is 4.79 Å². The van der Waals surface area contributed by atoms with Crippen molar-refractivity contribution in [3.05, 3.63) is 47.9 Å². The molecule has 4 rings (SSSR count). The Bertz CT molecular complexity index is 1150. The summed E-state index contributed by atoms with van der Waals surface area (Å²) >= 11 is 0. The first-order chi connectivity index (χ1) is 16.6. The van der Waals surface area contributed by atoms with E-state index in [1.165, 1.54) is 0 Å². The Morgan fingerprint density at radius 2 is 1.74 bits per heavy atom. The Labute approximate surface area is 198 Å². The van der Waals surface area contributed by atoms with Gasteiger partial charge in [-0.2, -0.15) is 4.98 Å². The number of aromatic nitrogens is 2. The van der Waals surface area contributed by atoms with E-state index in [-0.39, 0.29) is 11.8 Å². The van der Waals surface area contributed by atoms with Crippen LogP contribution in [-0.4, -0.2) is 55.4 Å². The van der Waals surface area contributed by atoms with Crippen LogP contribution in [-0.2, 0) is 11.3 Å². The fourth-order valence-electron chi connectivity index (χ4n) is 3.95. The molecule has 1 unspecified atom stereocenters. The van der Waals surface area contributed by atoms with E-state index in [4.69, 9.17) is 23.5 Å². The number of carbonyl (C=O) groups is 1. The van der Waals surface area contributed by atoms with Gasteiger partial charge in [0.25, 0.3) is 0 Å². The monoisotopic (exact) mass is 467 g/mol. The highest BCUT2D eigenvalue weighted by Gasteiger charge is 2.34. The predicted octanol–water partition coefficient (Wildman–Crippen LogP) is 4.07. The van der Waals surface area contributed by atoms with Crippen molar-refractivity contribution in [1.29, 1.82) is 0 Å². The summed E-state index contributed by atoms with van der Waals surface area (Å²) in [6, 6.07) is 11.2. The van der Waals surface area contributed by atoms with Crippen molar-refractivity contribution in [2.75, 3.05) is 34.5 Å². The number of methoxy groups -OCH3 is 3. The second kappa shape index (κ2) is 10.5. The molecule has 0 spiro atoms. The van der Waals surface area contributed by atoms with E-state index in [0.29, 0.717) is 60.8 Å². The van der Waals surface area contributed by atoms with E-state index >= 15 is 0 Å². The SMILES string of the molecule is CCCOc1ccc(-c2noc(C3CC(=O)N(Cc4ccc(OC)c(OC)c4)C3)n2)cc1OC.